The average molecular weight is 301 g/mol. The summed E-state index contributed by atoms with van der Waals surface area (Å²) >= 11 is -0.0720. The molecule has 110 valence electrons. The van der Waals surface area contributed by atoms with E-state index in [1.165, 1.54) is 18.6 Å². The molecule has 1 N–H and O–H groups in total. The molecule has 0 saturated carbocycles. The number of hydrogen-bond donors (Lipinski definition) is 1. The summed E-state index contributed by atoms with van der Waals surface area (Å²) in [5.41, 5.74) is -3.20. The van der Waals surface area contributed by atoms with Crippen LogP contribution in [0.4, 0.5) is 13.2 Å². The van der Waals surface area contributed by atoms with Crippen molar-refractivity contribution >= 4 is 11.8 Å². The van der Waals surface area contributed by atoms with Gasteiger partial charge in [-0.05, 0) is 61.2 Å². The van der Waals surface area contributed by atoms with E-state index < -0.39 is 5.51 Å². The highest BCUT2D eigenvalue weighted by Gasteiger charge is 2.28. The molecule has 1 aliphatic rings. The molecule has 2 rings (SSSR count). The minimum Gasteiger partial charge on any atom is -0.312 e. The second-order valence-electron chi connectivity index (χ2n) is 4.97. The van der Waals surface area contributed by atoms with Crippen LogP contribution < -0.4 is 5.32 Å². The molecule has 0 radical (unpaired) electrons. The number of hydrogen-bond acceptors (Lipinski definition) is 2. The Kier molecular flexibility index (Phi) is 5.54. The quantitative estimate of drug-likeness (QED) is 0.622. The highest BCUT2D eigenvalue weighted by molar-refractivity contribution is 8.00. The summed E-state index contributed by atoms with van der Waals surface area (Å²) in [6.45, 7) is 1.67. The molecular formula is C15H18F3NS. The molecule has 0 spiro atoms. The lowest BCUT2D eigenvalue weighted by Gasteiger charge is -2.18. The number of thioether (sulfide) groups is 1. The van der Waals surface area contributed by atoms with Gasteiger partial charge in [-0.2, -0.15) is 13.2 Å². The van der Waals surface area contributed by atoms with Crippen LogP contribution in [0.25, 0.3) is 0 Å². The van der Waals surface area contributed by atoms with Gasteiger partial charge in [-0.1, -0.05) is 24.3 Å². The topological polar surface area (TPSA) is 12.0 Å². The number of rotatable bonds is 5. The van der Waals surface area contributed by atoms with Crippen molar-refractivity contribution in [1.82, 2.24) is 5.32 Å². The van der Waals surface area contributed by atoms with Crippen molar-refractivity contribution in [3.05, 3.63) is 42.0 Å². The summed E-state index contributed by atoms with van der Waals surface area (Å²) in [5, 5.41) is 3.38. The molecule has 0 aliphatic heterocycles. The average Bonchev–Trinajstić information content (AvgIpc) is 2.40. The van der Waals surface area contributed by atoms with Gasteiger partial charge in [-0.15, -0.1) is 0 Å². The van der Waals surface area contributed by atoms with Crippen LogP contribution in [0.3, 0.4) is 0 Å². The maximum atomic E-state index is 12.2. The van der Waals surface area contributed by atoms with E-state index in [-0.39, 0.29) is 16.7 Å². The molecule has 1 aromatic rings. The van der Waals surface area contributed by atoms with Gasteiger partial charge in [0.15, 0.2) is 0 Å². The smallest absolute Gasteiger partial charge is 0.312 e. The van der Waals surface area contributed by atoms with E-state index in [1.54, 1.807) is 12.1 Å². The van der Waals surface area contributed by atoms with Gasteiger partial charge >= 0.3 is 5.51 Å². The predicted molar refractivity (Wildman–Crippen MR) is 76.5 cm³/mol. The molecule has 1 aliphatic carbocycles. The lowest BCUT2D eigenvalue weighted by Crippen LogP contribution is -2.23. The normalized spacial score (nSPS) is 19.2. The fourth-order valence-corrected chi connectivity index (χ4v) is 2.81. The van der Waals surface area contributed by atoms with E-state index in [0.717, 1.165) is 24.9 Å². The number of alkyl halides is 3. The molecule has 5 heteroatoms. The maximum Gasteiger partial charge on any atom is 0.446 e. The Hall–Kier alpha value is -0.940. The highest BCUT2D eigenvalue weighted by atomic mass is 32.2. The van der Waals surface area contributed by atoms with Gasteiger partial charge in [-0.3, -0.25) is 0 Å². The van der Waals surface area contributed by atoms with Crippen LogP contribution in [-0.4, -0.2) is 12.1 Å². The van der Waals surface area contributed by atoms with Gasteiger partial charge in [0.25, 0.3) is 0 Å². The third kappa shape index (κ3) is 5.59. The first kappa shape index (κ1) is 15.4. The zero-order valence-corrected chi connectivity index (χ0v) is 11.9. The molecule has 0 bridgehead atoms. The maximum absolute atomic E-state index is 12.2. The van der Waals surface area contributed by atoms with E-state index in [9.17, 15) is 13.2 Å². The number of allylic oxidation sites excluding steroid dienone is 2. The van der Waals surface area contributed by atoms with Crippen molar-refractivity contribution in [3.8, 4) is 0 Å². The summed E-state index contributed by atoms with van der Waals surface area (Å²) in [6.07, 6.45) is 7.92. The lowest BCUT2D eigenvalue weighted by atomic mass is 9.94. The van der Waals surface area contributed by atoms with Crippen LogP contribution in [0, 0.1) is 5.92 Å². The Balaban J connectivity index is 1.74. The van der Waals surface area contributed by atoms with Gasteiger partial charge in [0.1, 0.15) is 0 Å². The molecule has 0 aromatic heterocycles. The predicted octanol–water partition coefficient (Wildman–Crippen LogP) is 4.74. The molecule has 1 atom stereocenters. The zero-order chi connectivity index (χ0) is 14.4. The molecule has 20 heavy (non-hydrogen) atoms. The third-order valence-corrected chi connectivity index (χ3v) is 4.04. The van der Waals surface area contributed by atoms with Crippen molar-refractivity contribution in [1.29, 1.82) is 0 Å². The van der Waals surface area contributed by atoms with Crippen molar-refractivity contribution in [2.24, 2.45) is 5.92 Å². The van der Waals surface area contributed by atoms with E-state index in [4.69, 9.17) is 0 Å². The Bertz CT molecular complexity index is 439. The summed E-state index contributed by atoms with van der Waals surface area (Å²) in [7, 11) is 0. The fourth-order valence-electron chi connectivity index (χ4n) is 2.27. The highest BCUT2D eigenvalue weighted by Crippen LogP contribution is 2.36. The number of benzene rings is 1. The van der Waals surface area contributed by atoms with Crippen LogP contribution in [0.2, 0.25) is 0 Å². The van der Waals surface area contributed by atoms with E-state index in [2.05, 4.69) is 17.5 Å². The third-order valence-electron chi connectivity index (χ3n) is 3.30. The van der Waals surface area contributed by atoms with Gasteiger partial charge in [0, 0.05) is 11.4 Å². The van der Waals surface area contributed by atoms with E-state index in [1.807, 2.05) is 0 Å². The first-order valence-corrected chi connectivity index (χ1v) is 7.55. The zero-order valence-electron chi connectivity index (χ0n) is 11.1. The van der Waals surface area contributed by atoms with E-state index in [0.29, 0.717) is 12.5 Å². The first-order valence-electron chi connectivity index (χ1n) is 6.73. The van der Waals surface area contributed by atoms with Gasteiger partial charge < -0.3 is 5.32 Å². The Morgan fingerprint density at radius 2 is 1.90 bits per heavy atom. The van der Waals surface area contributed by atoms with Crippen molar-refractivity contribution < 1.29 is 13.2 Å². The Morgan fingerprint density at radius 3 is 2.50 bits per heavy atom. The monoisotopic (exact) mass is 301 g/mol. The van der Waals surface area contributed by atoms with Crippen molar-refractivity contribution in [2.75, 3.05) is 6.54 Å². The van der Waals surface area contributed by atoms with Crippen molar-refractivity contribution in [3.63, 3.8) is 0 Å². The second-order valence-corrected chi connectivity index (χ2v) is 6.11. The van der Waals surface area contributed by atoms with Crippen LogP contribution in [-0.2, 0) is 6.54 Å². The molecular weight excluding hydrogens is 283 g/mol. The standard InChI is InChI=1S/C15H18F3NS/c16-15(17,18)20-14-8-6-13(7-9-14)11-19-10-12-4-2-1-3-5-12/h1-2,6-9,12,19H,3-5,10-11H2. The lowest BCUT2D eigenvalue weighted by molar-refractivity contribution is -0.0328. The fraction of sp³-hybridized carbons (Fsp3) is 0.467. The minimum atomic E-state index is -4.21. The molecule has 1 aromatic carbocycles. The summed E-state index contributed by atoms with van der Waals surface area (Å²) in [4.78, 5) is 0.235. The number of nitrogens with one attached hydrogen (secondary N) is 1. The summed E-state index contributed by atoms with van der Waals surface area (Å²) in [6, 6.07) is 6.56. The summed E-state index contributed by atoms with van der Waals surface area (Å²) < 4.78 is 36.6. The van der Waals surface area contributed by atoms with Crippen LogP contribution in [0.15, 0.2) is 41.3 Å². The van der Waals surface area contributed by atoms with Crippen LogP contribution in [0.5, 0.6) is 0 Å². The van der Waals surface area contributed by atoms with E-state index >= 15 is 0 Å². The molecule has 0 heterocycles. The van der Waals surface area contributed by atoms with Gasteiger partial charge in [0.2, 0.25) is 0 Å². The van der Waals surface area contributed by atoms with Gasteiger partial charge in [0.05, 0.1) is 0 Å². The second kappa shape index (κ2) is 7.18. The molecule has 0 saturated heterocycles. The van der Waals surface area contributed by atoms with Gasteiger partial charge in [-0.25, -0.2) is 0 Å². The minimum absolute atomic E-state index is 0.0720. The summed E-state index contributed by atoms with van der Waals surface area (Å²) in [5.74, 6) is 0.681. The SMILES string of the molecule is FC(F)(F)Sc1ccc(CNCC2CC=CCC2)cc1. The largest absolute Gasteiger partial charge is 0.446 e. The number of halogens is 3. The van der Waals surface area contributed by atoms with Crippen LogP contribution >= 0.6 is 11.8 Å². The Labute approximate surface area is 121 Å². The molecule has 1 nitrogen and oxygen atoms in total. The van der Waals surface area contributed by atoms with Crippen LogP contribution in [0.1, 0.15) is 24.8 Å². The molecule has 0 fully saturated rings. The molecule has 0 amide bonds. The molecule has 1 unspecified atom stereocenters. The first-order chi connectivity index (χ1) is 9.53. The van der Waals surface area contributed by atoms with Crippen molar-refractivity contribution in [2.45, 2.75) is 36.2 Å². The Morgan fingerprint density at radius 1 is 1.15 bits per heavy atom.